The number of nitrogens with two attached hydrogens (primary N) is 3. The molecular weight excluding hydrogens is 821 g/mol. The maximum Gasteiger partial charge on any atom is 0.298 e. The standard InChI is InChI=1S/C19H16FN3OS.C18H16FN5O.ClH.HI/c1-25-18(21)15-13-3-2-4-14-17(13)23(10-9-22-19(14)24)16(15)11-5-7-12(20)8-6-11;19-11-6-4-10(5-7-11)15-14(17(20)23-21)12-2-1-3-13-16(12)24(15)9-8-22-18(13)25;;/h2-8,21H,9-10H2,1H3,(H,22,24);1-7H,8-9,21H2,(H2,20,23)(H,22,25);2*1H. The van der Waals surface area contributed by atoms with Crippen LogP contribution in [-0.2, 0) is 13.1 Å². The molecule has 0 radical (unpaired) electrons. The number of nitrogen functional groups attached to an aromatic ring is 1. The van der Waals surface area contributed by atoms with E-state index in [2.05, 4.69) is 20.3 Å². The van der Waals surface area contributed by atoms with Crippen LogP contribution in [0.1, 0.15) is 31.8 Å². The molecule has 0 spiro atoms. The van der Waals surface area contributed by atoms with Gasteiger partial charge in [-0.2, -0.15) is 5.10 Å². The minimum absolute atomic E-state index is 0. The lowest BCUT2D eigenvalue weighted by Crippen LogP contribution is -3.00. The summed E-state index contributed by atoms with van der Waals surface area (Å²) in [5.74, 6) is 5.06. The molecule has 6 aromatic rings. The molecule has 4 aromatic carbocycles. The van der Waals surface area contributed by atoms with Gasteiger partial charge < -0.3 is 56.2 Å². The van der Waals surface area contributed by atoms with E-state index in [1.807, 2.05) is 41.2 Å². The Morgan fingerprint density at radius 1 is 0.750 bits per heavy atom. The Hall–Kier alpha value is -4.93. The van der Waals surface area contributed by atoms with Crippen LogP contribution in [0, 0.1) is 11.6 Å². The summed E-state index contributed by atoms with van der Waals surface area (Å²) in [5, 5.41) is 17.1. The molecule has 4 heterocycles. The molecule has 9 N–H and O–H groups in total. The van der Waals surface area contributed by atoms with E-state index in [9.17, 15) is 18.4 Å². The smallest absolute Gasteiger partial charge is 0.298 e. The molecule has 2 aliphatic rings. The minimum atomic E-state index is -0.316. The number of benzene rings is 4. The van der Waals surface area contributed by atoms with Crippen molar-refractivity contribution >= 4 is 56.3 Å². The summed E-state index contributed by atoms with van der Waals surface area (Å²) in [6, 6.07) is 23.8. The van der Waals surface area contributed by atoms with Gasteiger partial charge in [0.25, 0.3) is 17.6 Å². The molecule has 15 heteroatoms. The summed E-state index contributed by atoms with van der Waals surface area (Å²) in [7, 11) is 0. The molecule has 0 saturated carbocycles. The van der Waals surface area contributed by atoms with Crippen LogP contribution in [0.25, 0.3) is 44.3 Å². The van der Waals surface area contributed by atoms with E-state index in [0.29, 0.717) is 53.7 Å². The molecule has 8 rings (SSSR count). The Morgan fingerprint density at radius 2 is 1.17 bits per heavy atom. The average Bonchev–Trinajstić information content (AvgIpc) is 3.50. The number of para-hydroxylation sites is 2. The molecule has 2 aliphatic heterocycles. The van der Waals surface area contributed by atoms with Crippen LogP contribution in [0.3, 0.4) is 0 Å². The zero-order valence-corrected chi connectivity index (χ0v) is 31.5. The molecule has 10 nitrogen and oxygen atoms in total. The summed E-state index contributed by atoms with van der Waals surface area (Å²) in [6.07, 6.45) is 1.93. The largest absolute Gasteiger partial charge is 1.00 e. The Bertz CT molecular complexity index is 2380. The second-order valence-corrected chi connectivity index (χ2v) is 12.7. The van der Waals surface area contributed by atoms with Crippen LogP contribution in [0.15, 0.2) is 84.9 Å². The van der Waals surface area contributed by atoms with Gasteiger partial charge in [0.2, 0.25) is 5.04 Å². The third-order valence-corrected chi connectivity index (χ3v) is 9.67. The fourth-order valence-corrected chi connectivity index (χ4v) is 7.31. The molecule has 268 valence electrons. The van der Waals surface area contributed by atoms with Gasteiger partial charge in [-0.25, -0.2) is 14.2 Å². The molecule has 2 amide bonds. The zero-order valence-electron chi connectivity index (χ0n) is 27.8. The van der Waals surface area contributed by atoms with Crippen molar-refractivity contribution < 1.29 is 65.3 Å². The first kappa shape index (κ1) is 38.3. The number of hydrazone groups is 1. The minimum Gasteiger partial charge on any atom is -1.00 e. The van der Waals surface area contributed by atoms with Crippen molar-refractivity contribution in [2.45, 2.75) is 13.1 Å². The highest BCUT2D eigenvalue weighted by atomic mass is 127. The predicted octanol–water partition coefficient (Wildman–Crippen LogP) is -4.08. The van der Waals surface area contributed by atoms with Gasteiger partial charge in [0, 0.05) is 37.0 Å². The molecule has 0 aliphatic carbocycles. The van der Waals surface area contributed by atoms with Crippen LogP contribution in [0.5, 0.6) is 0 Å². The van der Waals surface area contributed by atoms with E-state index in [1.165, 1.54) is 36.0 Å². The summed E-state index contributed by atoms with van der Waals surface area (Å²) < 4.78 is 30.9. The van der Waals surface area contributed by atoms with Gasteiger partial charge in [-0.15, -0.1) is 0 Å². The predicted molar refractivity (Wildman–Crippen MR) is 192 cm³/mol. The Labute approximate surface area is 324 Å². The van der Waals surface area contributed by atoms with Crippen molar-refractivity contribution in [2.24, 2.45) is 11.6 Å². The third-order valence-electron chi connectivity index (χ3n) is 9.02. The van der Waals surface area contributed by atoms with Crippen LogP contribution < -0.4 is 69.1 Å². The number of amidine groups is 1. The monoisotopic (exact) mass is 854 g/mol. The molecule has 2 aromatic heterocycles. The molecule has 0 saturated heterocycles. The normalized spacial score (nSPS) is 13.5. The molecule has 0 bridgehead atoms. The van der Waals surface area contributed by atoms with Crippen molar-refractivity contribution in [1.29, 1.82) is 0 Å². The number of carbonyl (C=O) groups excluding carboxylic acids is 2. The zero-order chi connectivity index (χ0) is 35.1. The van der Waals surface area contributed by atoms with Gasteiger partial charge in [-0.1, -0.05) is 36.0 Å². The first-order valence-corrected chi connectivity index (χ1v) is 17.1. The maximum atomic E-state index is 13.4. The summed E-state index contributed by atoms with van der Waals surface area (Å²) >= 11 is 1.47. The molecule has 52 heavy (non-hydrogen) atoms. The lowest BCUT2D eigenvalue weighted by molar-refractivity contribution is -0.469. The van der Waals surface area contributed by atoms with Gasteiger partial charge in [0.15, 0.2) is 0 Å². The summed E-state index contributed by atoms with van der Waals surface area (Å²) in [6.45, 7) is 2.22. The highest BCUT2D eigenvalue weighted by Gasteiger charge is 2.30. The first-order chi connectivity index (χ1) is 24.2. The van der Waals surface area contributed by atoms with Crippen LogP contribution >= 0.6 is 11.8 Å². The van der Waals surface area contributed by atoms with E-state index < -0.39 is 0 Å². The number of hydrazine groups is 1. The first-order valence-electron chi connectivity index (χ1n) is 15.9. The van der Waals surface area contributed by atoms with Crippen LogP contribution in [0.4, 0.5) is 8.78 Å². The Morgan fingerprint density at radius 3 is 1.60 bits per heavy atom. The van der Waals surface area contributed by atoms with E-state index in [-0.39, 0.29) is 59.8 Å². The Balaban J connectivity index is 0.000000194. The fraction of sp³-hybridized carbons (Fsp3) is 0.135. The lowest BCUT2D eigenvalue weighted by atomic mass is 10.0. The number of halogens is 4. The molecule has 0 unspecified atom stereocenters. The van der Waals surface area contributed by atoms with E-state index in [1.54, 1.807) is 30.3 Å². The van der Waals surface area contributed by atoms with Crippen molar-refractivity contribution in [2.75, 3.05) is 19.3 Å². The van der Waals surface area contributed by atoms with Crippen molar-refractivity contribution in [3.05, 3.63) is 119 Å². The van der Waals surface area contributed by atoms with Crippen LogP contribution in [0.2, 0.25) is 0 Å². The number of thioether (sulfide) groups is 1. The second kappa shape index (κ2) is 15.8. The maximum absolute atomic E-state index is 13.4. The van der Waals surface area contributed by atoms with E-state index >= 15 is 0 Å². The van der Waals surface area contributed by atoms with Gasteiger partial charge in [-0.05, 0) is 78.0 Å². The molecule has 0 fully saturated rings. The van der Waals surface area contributed by atoms with Gasteiger partial charge in [-0.3, -0.25) is 21.2 Å². The SMILES string of the molecule is CSC(=[NH2+])c1c(-c2ccc(F)cc2)n2c3c(cccc13)C(=O)NCC2.N/[NH+]=C(\N)c1c(-c2ccc(F)cc2)n2c3c(cccc13)C(=O)NCC2.[Cl-].[I-]. The topological polar surface area (TPSA) is 160 Å². The van der Waals surface area contributed by atoms with Crippen molar-refractivity contribution in [3.8, 4) is 22.5 Å². The molecule has 0 atom stereocenters. The summed E-state index contributed by atoms with van der Waals surface area (Å²) in [4.78, 5) is 24.8. The lowest BCUT2D eigenvalue weighted by Gasteiger charge is -2.10. The summed E-state index contributed by atoms with van der Waals surface area (Å²) in [5.41, 5.74) is 14.0. The third kappa shape index (κ3) is 6.61. The number of hydrogen-bond acceptors (Lipinski definition) is 4. The highest BCUT2D eigenvalue weighted by Crippen LogP contribution is 2.38. The van der Waals surface area contributed by atoms with Crippen LogP contribution in [-0.4, -0.2) is 51.2 Å². The number of nitrogens with zero attached hydrogens (tertiary/aromatic N) is 2. The number of hydrogen-bond donors (Lipinski definition) is 6. The second-order valence-electron chi connectivity index (χ2n) is 11.8. The highest BCUT2D eigenvalue weighted by molar-refractivity contribution is 8.13. The Kier molecular flexibility index (Phi) is 11.6. The average molecular weight is 855 g/mol. The van der Waals surface area contributed by atoms with E-state index in [4.69, 9.17) is 17.0 Å². The number of rotatable bonds is 4. The number of amides is 2. The number of nitrogens with one attached hydrogen (secondary N) is 3. The molecular formula is C37H34ClF2IN8O2S. The number of carbonyl (C=O) groups is 2. The van der Waals surface area contributed by atoms with Gasteiger partial charge >= 0.3 is 0 Å². The van der Waals surface area contributed by atoms with Gasteiger partial charge in [0.05, 0.1) is 44.7 Å². The number of aromatic nitrogens is 2. The van der Waals surface area contributed by atoms with Crippen molar-refractivity contribution in [3.63, 3.8) is 0 Å². The van der Waals surface area contributed by atoms with E-state index in [0.717, 1.165) is 49.9 Å². The quantitative estimate of drug-likeness (QED) is 0.0350. The van der Waals surface area contributed by atoms with Crippen molar-refractivity contribution in [1.82, 2.24) is 19.8 Å². The van der Waals surface area contributed by atoms with Gasteiger partial charge in [0.1, 0.15) is 11.6 Å². The fourth-order valence-electron chi connectivity index (χ4n) is 6.90.